The standard InChI is InChI=1S/3C15H15N3O6/c3*16-11(14(22)23)8-17-6-5-12(19)18(15(17)24)7-9-3-1-2-4-10(9)13(20)21/h3*1-6,11H,7-8,16H2,(H,20,21)(H,22,23)/t3*11-/m000/s1. The van der Waals surface area contributed by atoms with Crippen molar-refractivity contribution >= 4 is 35.8 Å². The van der Waals surface area contributed by atoms with Crippen molar-refractivity contribution in [2.45, 2.75) is 57.4 Å². The summed E-state index contributed by atoms with van der Waals surface area (Å²) in [5.74, 6) is -7.38. The predicted octanol–water partition coefficient (Wildman–Crippen LogP) is -2.49. The Bertz CT molecular complexity index is 3050. The molecule has 27 nitrogen and oxygen atoms in total. The molecule has 0 aliphatic carbocycles. The Morgan fingerprint density at radius 1 is 0.375 bits per heavy atom. The fourth-order valence-electron chi connectivity index (χ4n) is 6.51. The summed E-state index contributed by atoms with van der Waals surface area (Å²) in [4.78, 5) is 139. The Kier molecular flexibility index (Phi) is 18.8. The zero-order valence-corrected chi connectivity index (χ0v) is 37.4. The minimum Gasteiger partial charge on any atom is -0.480 e. The van der Waals surface area contributed by atoms with Crippen LogP contribution in [-0.2, 0) is 53.7 Å². The van der Waals surface area contributed by atoms with E-state index in [9.17, 15) is 57.5 Å². The van der Waals surface area contributed by atoms with Gasteiger partial charge in [-0.25, -0.2) is 28.8 Å². The van der Waals surface area contributed by atoms with Crippen LogP contribution in [0.2, 0.25) is 0 Å². The fourth-order valence-corrected chi connectivity index (χ4v) is 6.51. The highest BCUT2D eigenvalue weighted by Crippen LogP contribution is 2.11. The molecule has 0 fully saturated rings. The van der Waals surface area contributed by atoms with Crippen molar-refractivity contribution in [3.63, 3.8) is 0 Å². The monoisotopic (exact) mass is 999 g/mol. The molecule has 0 spiro atoms. The number of nitrogens with zero attached hydrogens (tertiary/aromatic N) is 6. The minimum absolute atomic E-state index is 0.0264. The molecule has 27 heteroatoms. The summed E-state index contributed by atoms with van der Waals surface area (Å²) in [6.45, 7) is -1.67. The van der Waals surface area contributed by atoms with Gasteiger partial charge in [0.1, 0.15) is 18.1 Å². The lowest BCUT2D eigenvalue weighted by Crippen LogP contribution is -2.44. The van der Waals surface area contributed by atoms with Gasteiger partial charge >= 0.3 is 52.9 Å². The Labute approximate surface area is 402 Å². The van der Waals surface area contributed by atoms with E-state index < -0.39 is 87.7 Å². The van der Waals surface area contributed by atoms with Crippen LogP contribution in [-0.4, -0.2) is 112 Å². The number of carboxylic acids is 6. The van der Waals surface area contributed by atoms with Gasteiger partial charge in [-0.15, -0.1) is 0 Å². The second-order valence-corrected chi connectivity index (χ2v) is 15.2. The zero-order valence-electron chi connectivity index (χ0n) is 37.4. The van der Waals surface area contributed by atoms with Gasteiger partial charge in [-0.1, -0.05) is 54.6 Å². The first-order chi connectivity index (χ1) is 33.9. The molecule has 3 heterocycles. The molecule has 3 aromatic carbocycles. The zero-order chi connectivity index (χ0) is 53.6. The molecule has 0 bridgehead atoms. The fraction of sp³-hybridized carbons (Fsp3) is 0.200. The van der Waals surface area contributed by atoms with Crippen LogP contribution < -0.4 is 50.9 Å². The normalized spacial score (nSPS) is 11.9. The number of aromatic carboxylic acids is 3. The smallest absolute Gasteiger partial charge is 0.336 e. The number of hydrogen-bond acceptors (Lipinski definition) is 15. The molecule has 378 valence electrons. The van der Waals surface area contributed by atoms with E-state index in [1.807, 2.05) is 0 Å². The summed E-state index contributed by atoms with van der Waals surface area (Å²) in [5.41, 5.74) is 12.8. The van der Waals surface area contributed by atoms with E-state index in [0.29, 0.717) is 0 Å². The summed E-state index contributed by atoms with van der Waals surface area (Å²) >= 11 is 0. The molecule has 0 saturated carbocycles. The number of carbonyl (C=O) groups is 6. The van der Waals surface area contributed by atoms with Gasteiger partial charge in [0.25, 0.3) is 16.7 Å². The molecule has 72 heavy (non-hydrogen) atoms. The van der Waals surface area contributed by atoms with Crippen molar-refractivity contribution in [3.8, 4) is 0 Å². The first-order valence-electron chi connectivity index (χ1n) is 20.7. The highest BCUT2D eigenvalue weighted by molar-refractivity contribution is 5.90. The maximum absolute atomic E-state index is 12.4. The van der Waals surface area contributed by atoms with Gasteiger partial charge in [0, 0.05) is 36.8 Å². The topological polar surface area (TPSA) is 434 Å². The molecular formula is C45H45N9O18. The van der Waals surface area contributed by atoms with Crippen molar-refractivity contribution in [2.75, 3.05) is 0 Å². The third-order valence-corrected chi connectivity index (χ3v) is 10.3. The van der Waals surface area contributed by atoms with Crippen molar-refractivity contribution in [2.24, 2.45) is 17.2 Å². The van der Waals surface area contributed by atoms with Gasteiger partial charge in [-0.05, 0) is 34.9 Å². The van der Waals surface area contributed by atoms with Gasteiger partial charge in [0.15, 0.2) is 0 Å². The Morgan fingerprint density at radius 3 is 0.806 bits per heavy atom. The van der Waals surface area contributed by atoms with Crippen molar-refractivity contribution in [1.82, 2.24) is 27.4 Å². The van der Waals surface area contributed by atoms with Crippen LogP contribution in [0.3, 0.4) is 0 Å². The second-order valence-electron chi connectivity index (χ2n) is 15.2. The number of carboxylic acid groups (broad SMARTS) is 6. The third kappa shape index (κ3) is 14.2. The van der Waals surface area contributed by atoms with Crippen molar-refractivity contribution < 1.29 is 59.4 Å². The molecule has 12 N–H and O–H groups in total. The maximum Gasteiger partial charge on any atom is 0.336 e. The van der Waals surface area contributed by atoms with E-state index in [4.69, 9.17) is 47.8 Å². The third-order valence-electron chi connectivity index (χ3n) is 10.3. The van der Waals surface area contributed by atoms with Crippen molar-refractivity contribution in [3.05, 3.63) is 205 Å². The predicted molar refractivity (Wildman–Crippen MR) is 249 cm³/mol. The molecule has 0 amide bonds. The molecule has 3 atom stereocenters. The molecule has 3 aromatic heterocycles. The van der Waals surface area contributed by atoms with Gasteiger partial charge in [0.2, 0.25) is 0 Å². The van der Waals surface area contributed by atoms with Crippen LogP contribution in [0.25, 0.3) is 0 Å². The van der Waals surface area contributed by atoms with Crippen LogP contribution in [0.15, 0.2) is 138 Å². The lowest BCUT2D eigenvalue weighted by atomic mass is 10.1. The van der Waals surface area contributed by atoms with Crippen LogP contribution in [0.5, 0.6) is 0 Å². The van der Waals surface area contributed by atoms with Gasteiger partial charge < -0.3 is 47.8 Å². The van der Waals surface area contributed by atoms with E-state index in [0.717, 1.165) is 64.2 Å². The highest BCUT2D eigenvalue weighted by Gasteiger charge is 2.20. The Morgan fingerprint density at radius 2 is 0.597 bits per heavy atom. The van der Waals surface area contributed by atoms with Crippen LogP contribution in [0.1, 0.15) is 47.8 Å². The van der Waals surface area contributed by atoms with E-state index in [2.05, 4.69) is 0 Å². The van der Waals surface area contributed by atoms with Crippen LogP contribution in [0, 0.1) is 0 Å². The number of hydrogen-bond donors (Lipinski definition) is 9. The SMILES string of the molecule is N[C@@H](Cn1ccc(=O)n(Cc2ccccc2C(=O)O)c1=O)C(=O)O.N[C@@H](Cn1ccc(=O)n(Cc2ccccc2C(=O)O)c1=O)C(=O)O.N[C@@H](Cn1ccc(=O)n(Cc2ccccc2C(=O)O)c1=O)C(=O)O. The molecular weight excluding hydrogens is 955 g/mol. The quantitative estimate of drug-likeness (QED) is 0.0430. The number of benzene rings is 3. The van der Waals surface area contributed by atoms with E-state index in [1.165, 1.54) is 54.6 Å². The van der Waals surface area contributed by atoms with Crippen molar-refractivity contribution in [1.29, 1.82) is 0 Å². The first kappa shape index (κ1) is 55.0. The van der Waals surface area contributed by atoms with Gasteiger partial charge in [-0.2, -0.15) is 0 Å². The summed E-state index contributed by atoms with van der Waals surface area (Å²) in [5, 5.41) is 53.9. The lowest BCUT2D eigenvalue weighted by molar-refractivity contribution is -0.139. The average molecular weight is 1000 g/mol. The highest BCUT2D eigenvalue weighted by atomic mass is 16.4. The first-order valence-corrected chi connectivity index (χ1v) is 20.7. The van der Waals surface area contributed by atoms with Crippen LogP contribution >= 0.6 is 0 Å². The molecule has 0 radical (unpaired) electrons. The summed E-state index contributed by atoms with van der Waals surface area (Å²) < 4.78 is 5.50. The molecule has 0 unspecified atom stereocenters. The second kappa shape index (κ2) is 24.6. The number of aliphatic carboxylic acids is 3. The summed E-state index contributed by atoms with van der Waals surface area (Å²) in [6.07, 6.45) is 3.48. The maximum atomic E-state index is 12.4. The minimum atomic E-state index is -1.31. The summed E-state index contributed by atoms with van der Waals surface area (Å²) in [7, 11) is 0. The van der Waals surface area contributed by atoms with Gasteiger partial charge in [-0.3, -0.25) is 56.2 Å². The molecule has 6 rings (SSSR count). The molecule has 0 aliphatic heterocycles. The summed E-state index contributed by atoms with van der Waals surface area (Å²) in [6, 6.07) is 17.3. The average Bonchev–Trinajstić information content (AvgIpc) is 3.33. The van der Waals surface area contributed by atoms with E-state index >= 15 is 0 Å². The van der Waals surface area contributed by atoms with E-state index in [1.54, 1.807) is 18.2 Å². The van der Waals surface area contributed by atoms with Crippen LogP contribution in [0.4, 0.5) is 0 Å². The Balaban J connectivity index is 0.000000234. The van der Waals surface area contributed by atoms with Gasteiger partial charge in [0.05, 0.1) is 56.0 Å². The number of aromatic nitrogens is 6. The van der Waals surface area contributed by atoms with E-state index in [-0.39, 0.29) is 72.6 Å². The number of rotatable bonds is 18. The Hall–Kier alpha value is -9.60. The molecule has 0 aliphatic rings. The largest absolute Gasteiger partial charge is 0.480 e. The number of nitrogens with two attached hydrogens (primary N) is 3. The molecule has 0 saturated heterocycles. The molecule has 6 aromatic rings. The lowest BCUT2D eigenvalue weighted by Gasteiger charge is -2.13.